The first-order valence-electron chi connectivity index (χ1n) is 4.33. The summed E-state index contributed by atoms with van der Waals surface area (Å²) in [5, 5.41) is 9.76. The molecule has 0 aliphatic carbocycles. The van der Waals surface area contributed by atoms with E-state index in [1.54, 1.807) is 0 Å². The smallest absolute Gasteiger partial charge is 0.432 e. The Morgan fingerprint density at radius 3 is 1.62 bits per heavy atom. The molecule has 0 atom stereocenters. The number of halogens is 3. The van der Waals surface area contributed by atoms with Gasteiger partial charge in [0, 0.05) is 0 Å². The van der Waals surface area contributed by atoms with Gasteiger partial charge in [-0.3, -0.25) is 0 Å². The van der Waals surface area contributed by atoms with E-state index in [1.807, 2.05) is 0 Å². The third kappa shape index (κ3) is 1.42. The van der Waals surface area contributed by atoms with Gasteiger partial charge in [-0.05, 0) is 24.3 Å². The third-order valence-corrected chi connectivity index (χ3v) is 2.17. The van der Waals surface area contributed by atoms with Crippen molar-refractivity contribution in [3.05, 3.63) is 48.3 Å². The minimum absolute atomic E-state index is 0.630. The highest BCUT2D eigenvalue weighted by atomic mass is 19.4. The molecule has 0 aliphatic heterocycles. The molecule has 16 heavy (non-hydrogen) atoms. The van der Waals surface area contributed by atoms with Gasteiger partial charge in [-0.1, -0.05) is 0 Å². The molecule has 2 aromatic heterocycles. The average molecular weight is 232 g/mol. The van der Waals surface area contributed by atoms with E-state index in [2.05, 4.69) is 8.83 Å². The highest BCUT2D eigenvalue weighted by Crippen LogP contribution is 2.44. The van der Waals surface area contributed by atoms with Crippen LogP contribution in [0, 0.1) is 0 Å². The van der Waals surface area contributed by atoms with E-state index in [-0.39, 0.29) is 0 Å². The zero-order chi connectivity index (χ0) is 11.8. The summed E-state index contributed by atoms with van der Waals surface area (Å²) in [5.74, 6) is -1.26. The molecule has 0 saturated heterocycles. The van der Waals surface area contributed by atoms with Gasteiger partial charge in [0.1, 0.15) is 0 Å². The van der Waals surface area contributed by atoms with Crippen molar-refractivity contribution in [1.82, 2.24) is 0 Å². The van der Waals surface area contributed by atoms with E-state index in [1.165, 1.54) is 12.1 Å². The van der Waals surface area contributed by atoms with Crippen LogP contribution in [0.2, 0.25) is 0 Å². The second kappa shape index (κ2) is 3.41. The van der Waals surface area contributed by atoms with E-state index in [0.29, 0.717) is 0 Å². The summed E-state index contributed by atoms with van der Waals surface area (Å²) in [7, 11) is 0. The van der Waals surface area contributed by atoms with Crippen molar-refractivity contribution < 1.29 is 27.1 Å². The molecule has 0 fully saturated rings. The van der Waals surface area contributed by atoms with Crippen LogP contribution in [0.15, 0.2) is 45.6 Å². The summed E-state index contributed by atoms with van der Waals surface area (Å²) in [6.45, 7) is 0. The molecular formula is C10H7F3O3. The quantitative estimate of drug-likeness (QED) is 0.865. The van der Waals surface area contributed by atoms with Crippen LogP contribution >= 0.6 is 0 Å². The van der Waals surface area contributed by atoms with Crippen LogP contribution in [-0.4, -0.2) is 11.3 Å². The molecular weight excluding hydrogens is 225 g/mol. The van der Waals surface area contributed by atoms with Crippen molar-refractivity contribution in [2.75, 3.05) is 0 Å². The Morgan fingerprint density at radius 1 is 0.938 bits per heavy atom. The summed E-state index contributed by atoms with van der Waals surface area (Å²) in [5.41, 5.74) is -3.25. The minimum atomic E-state index is -4.93. The number of hydrogen-bond acceptors (Lipinski definition) is 3. The highest BCUT2D eigenvalue weighted by Gasteiger charge is 2.60. The number of furan rings is 2. The maximum atomic E-state index is 12.9. The topological polar surface area (TPSA) is 46.5 Å². The lowest BCUT2D eigenvalue weighted by Crippen LogP contribution is -2.42. The van der Waals surface area contributed by atoms with Crippen molar-refractivity contribution in [2.45, 2.75) is 11.8 Å². The Hall–Kier alpha value is -1.69. The normalized spacial score (nSPS) is 13.0. The number of aliphatic hydroxyl groups is 1. The molecule has 0 amide bonds. The number of hydrogen-bond donors (Lipinski definition) is 1. The van der Waals surface area contributed by atoms with Gasteiger partial charge in [-0.2, -0.15) is 13.2 Å². The van der Waals surface area contributed by atoms with Crippen LogP contribution in [0.3, 0.4) is 0 Å². The Bertz CT molecular complexity index is 408. The molecule has 0 spiro atoms. The van der Waals surface area contributed by atoms with Crippen LogP contribution in [0.5, 0.6) is 0 Å². The first kappa shape index (κ1) is 10.8. The van der Waals surface area contributed by atoms with E-state index in [4.69, 9.17) is 0 Å². The molecule has 2 aromatic rings. The molecule has 2 heterocycles. The van der Waals surface area contributed by atoms with Crippen molar-refractivity contribution in [3.8, 4) is 0 Å². The van der Waals surface area contributed by atoms with Gasteiger partial charge in [0.2, 0.25) is 0 Å². The van der Waals surface area contributed by atoms with Crippen LogP contribution in [0.4, 0.5) is 13.2 Å². The molecule has 1 N–H and O–H groups in total. The molecule has 3 nitrogen and oxygen atoms in total. The first-order chi connectivity index (χ1) is 7.46. The SMILES string of the molecule is OC(c1ccco1)(c1ccco1)C(F)(F)F. The second-order valence-electron chi connectivity index (χ2n) is 3.16. The van der Waals surface area contributed by atoms with E-state index in [0.717, 1.165) is 24.7 Å². The molecule has 2 rings (SSSR count). The van der Waals surface area contributed by atoms with Gasteiger partial charge in [-0.25, -0.2) is 0 Å². The van der Waals surface area contributed by atoms with Gasteiger partial charge in [0.05, 0.1) is 12.5 Å². The zero-order valence-corrected chi connectivity index (χ0v) is 7.86. The standard InChI is InChI=1S/C10H7F3O3/c11-10(12,13)9(14,7-3-1-5-15-7)8-4-2-6-16-8/h1-6,14H. The van der Waals surface area contributed by atoms with Gasteiger partial charge >= 0.3 is 6.18 Å². The zero-order valence-electron chi connectivity index (χ0n) is 7.86. The summed E-state index contributed by atoms with van der Waals surface area (Å²) >= 11 is 0. The van der Waals surface area contributed by atoms with Crippen LogP contribution in [0.1, 0.15) is 11.5 Å². The Kier molecular flexibility index (Phi) is 2.31. The number of rotatable bonds is 2. The molecule has 0 aromatic carbocycles. The van der Waals surface area contributed by atoms with Gasteiger partial charge < -0.3 is 13.9 Å². The highest BCUT2D eigenvalue weighted by molar-refractivity contribution is 5.26. The first-order valence-corrected chi connectivity index (χ1v) is 4.33. The van der Waals surface area contributed by atoms with Crippen LogP contribution in [0.25, 0.3) is 0 Å². The minimum Gasteiger partial charge on any atom is -0.465 e. The fraction of sp³-hybridized carbons (Fsp3) is 0.200. The molecule has 0 bridgehead atoms. The van der Waals surface area contributed by atoms with Crippen LogP contribution in [-0.2, 0) is 5.60 Å². The van der Waals surface area contributed by atoms with Crippen molar-refractivity contribution in [2.24, 2.45) is 0 Å². The fourth-order valence-electron chi connectivity index (χ4n) is 1.37. The summed E-state index contributed by atoms with van der Waals surface area (Å²) in [6.07, 6.45) is -2.83. The van der Waals surface area contributed by atoms with Crippen molar-refractivity contribution in [3.63, 3.8) is 0 Å². The van der Waals surface area contributed by atoms with Gasteiger partial charge in [0.15, 0.2) is 11.5 Å². The predicted molar refractivity (Wildman–Crippen MR) is 46.5 cm³/mol. The molecule has 0 aliphatic rings. The van der Waals surface area contributed by atoms with Crippen LogP contribution < -0.4 is 0 Å². The lowest BCUT2D eigenvalue weighted by atomic mass is 9.97. The molecule has 0 radical (unpaired) electrons. The molecule has 0 unspecified atom stereocenters. The van der Waals surface area contributed by atoms with Gasteiger partial charge in [-0.15, -0.1) is 0 Å². The Balaban J connectivity index is 2.59. The lowest BCUT2D eigenvalue weighted by molar-refractivity contribution is -0.259. The second-order valence-corrected chi connectivity index (χ2v) is 3.16. The van der Waals surface area contributed by atoms with E-state index >= 15 is 0 Å². The number of alkyl halides is 3. The fourth-order valence-corrected chi connectivity index (χ4v) is 1.37. The Labute approximate surface area is 88.1 Å². The average Bonchev–Trinajstić information content (AvgIpc) is 2.88. The lowest BCUT2D eigenvalue weighted by Gasteiger charge is -2.26. The predicted octanol–water partition coefficient (Wildman–Crippen LogP) is 2.67. The van der Waals surface area contributed by atoms with Crippen molar-refractivity contribution >= 4 is 0 Å². The molecule has 0 saturated carbocycles. The maximum Gasteiger partial charge on any atom is 0.432 e. The molecule has 86 valence electrons. The Morgan fingerprint density at radius 2 is 1.38 bits per heavy atom. The maximum absolute atomic E-state index is 12.9. The van der Waals surface area contributed by atoms with E-state index in [9.17, 15) is 18.3 Å². The van der Waals surface area contributed by atoms with Crippen molar-refractivity contribution in [1.29, 1.82) is 0 Å². The monoisotopic (exact) mass is 232 g/mol. The summed E-state index contributed by atoms with van der Waals surface area (Å²) in [6, 6.07) is 4.59. The molecule has 6 heteroatoms. The summed E-state index contributed by atoms with van der Waals surface area (Å²) < 4.78 is 47.8. The van der Waals surface area contributed by atoms with Gasteiger partial charge in [0.25, 0.3) is 5.60 Å². The third-order valence-electron chi connectivity index (χ3n) is 2.17. The van der Waals surface area contributed by atoms with E-state index < -0.39 is 23.3 Å². The summed E-state index contributed by atoms with van der Waals surface area (Å²) in [4.78, 5) is 0. The largest absolute Gasteiger partial charge is 0.465 e.